The lowest BCUT2D eigenvalue weighted by Crippen LogP contribution is -2.09. The van der Waals surface area contributed by atoms with Gasteiger partial charge in [0.15, 0.2) is 18.1 Å². The van der Waals surface area contributed by atoms with E-state index >= 15 is 0 Å². The van der Waals surface area contributed by atoms with Crippen LogP contribution in [0.4, 0.5) is 0 Å². The summed E-state index contributed by atoms with van der Waals surface area (Å²) in [4.78, 5) is 3.88. The van der Waals surface area contributed by atoms with E-state index in [0.29, 0.717) is 12.4 Å². The van der Waals surface area contributed by atoms with Crippen molar-refractivity contribution in [3.8, 4) is 11.5 Å². The minimum Gasteiger partial charge on any atom is -0.484 e. The second kappa shape index (κ2) is 2.17. The minimum absolute atomic E-state index is 0.499. The van der Waals surface area contributed by atoms with E-state index in [1.165, 1.54) is 0 Å². The molecule has 10 heavy (non-hydrogen) atoms. The summed E-state index contributed by atoms with van der Waals surface area (Å²) in [5, 5.41) is 0. The van der Waals surface area contributed by atoms with E-state index < -0.39 is 0 Å². The molecule has 0 saturated carbocycles. The van der Waals surface area contributed by atoms with Crippen LogP contribution in [0.3, 0.4) is 0 Å². The molecule has 1 aliphatic heterocycles. The van der Waals surface area contributed by atoms with Crippen molar-refractivity contribution in [1.82, 2.24) is 4.98 Å². The Bertz CT molecular complexity index is 212. The third-order valence-corrected chi connectivity index (χ3v) is 1.26. The van der Waals surface area contributed by atoms with Gasteiger partial charge in [-0.15, -0.1) is 0 Å². The van der Waals surface area contributed by atoms with Gasteiger partial charge in [0.05, 0.1) is 6.20 Å². The first-order valence-corrected chi connectivity index (χ1v) is 3.02. The highest BCUT2D eigenvalue weighted by Gasteiger charge is 2.09. The zero-order valence-corrected chi connectivity index (χ0v) is 5.28. The van der Waals surface area contributed by atoms with Crippen LogP contribution in [0.2, 0.25) is 0 Å². The standard InChI is InChI=1S/C7H6NO2/c1-2-8-5-7-6(1)9-3-4-10-7/h1-3,5H,4H2. The molecule has 0 amide bonds. The van der Waals surface area contributed by atoms with Gasteiger partial charge in [-0.25, -0.2) is 0 Å². The third-order valence-electron chi connectivity index (χ3n) is 1.26. The number of rotatable bonds is 0. The summed E-state index contributed by atoms with van der Waals surface area (Å²) in [6, 6.07) is 1.77. The molecule has 1 aliphatic rings. The highest BCUT2D eigenvalue weighted by Crippen LogP contribution is 2.28. The Morgan fingerprint density at radius 3 is 3.30 bits per heavy atom. The number of ether oxygens (including phenoxy) is 2. The highest BCUT2D eigenvalue weighted by atomic mass is 16.6. The smallest absolute Gasteiger partial charge is 0.179 e. The molecule has 0 aromatic carbocycles. The predicted molar refractivity (Wildman–Crippen MR) is 34.7 cm³/mol. The fourth-order valence-electron chi connectivity index (χ4n) is 0.821. The molecule has 0 spiro atoms. The molecule has 0 unspecified atom stereocenters. The van der Waals surface area contributed by atoms with E-state index in [2.05, 4.69) is 4.98 Å². The average Bonchev–Trinajstić information content (AvgIpc) is 2.05. The maximum Gasteiger partial charge on any atom is 0.179 e. The molecular formula is C7H6NO2. The van der Waals surface area contributed by atoms with E-state index in [1.807, 2.05) is 0 Å². The molecule has 0 saturated heterocycles. The van der Waals surface area contributed by atoms with Gasteiger partial charge in [-0.3, -0.25) is 4.98 Å². The number of hydrogen-bond acceptors (Lipinski definition) is 3. The molecule has 3 nitrogen and oxygen atoms in total. The van der Waals surface area contributed by atoms with Crippen LogP contribution in [0.25, 0.3) is 0 Å². The number of pyridine rings is 1. The molecule has 0 N–H and O–H groups in total. The first-order valence-electron chi connectivity index (χ1n) is 3.02. The Morgan fingerprint density at radius 1 is 1.40 bits per heavy atom. The number of nitrogens with zero attached hydrogens (tertiary/aromatic N) is 1. The topological polar surface area (TPSA) is 31.4 Å². The molecule has 0 atom stereocenters. The Labute approximate surface area is 58.6 Å². The normalized spacial score (nSPS) is 14.8. The third kappa shape index (κ3) is 0.795. The molecular weight excluding hydrogens is 130 g/mol. The molecule has 2 heterocycles. The molecule has 0 aliphatic carbocycles. The zero-order valence-electron chi connectivity index (χ0n) is 5.28. The Kier molecular flexibility index (Phi) is 1.20. The molecule has 2 rings (SSSR count). The Hall–Kier alpha value is -1.25. The molecule has 0 fully saturated rings. The van der Waals surface area contributed by atoms with Gasteiger partial charge in [0.1, 0.15) is 6.61 Å². The SMILES string of the molecule is [CH]1COc2cnccc2O1. The highest BCUT2D eigenvalue weighted by molar-refractivity contribution is 5.37. The van der Waals surface area contributed by atoms with Gasteiger partial charge in [-0.1, -0.05) is 0 Å². The maximum absolute atomic E-state index is 5.18. The lowest BCUT2D eigenvalue weighted by Gasteiger charge is -2.15. The van der Waals surface area contributed by atoms with E-state index in [4.69, 9.17) is 9.47 Å². The largest absolute Gasteiger partial charge is 0.484 e. The summed E-state index contributed by atoms with van der Waals surface area (Å²) in [6.07, 6.45) is 3.31. The van der Waals surface area contributed by atoms with Crippen molar-refractivity contribution in [1.29, 1.82) is 0 Å². The second-order valence-electron chi connectivity index (χ2n) is 1.92. The van der Waals surface area contributed by atoms with Crippen molar-refractivity contribution in [3.05, 3.63) is 25.1 Å². The summed E-state index contributed by atoms with van der Waals surface area (Å²) in [6.45, 7) is 2.11. The van der Waals surface area contributed by atoms with Crippen LogP contribution in [0, 0.1) is 6.61 Å². The Morgan fingerprint density at radius 2 is 2.40 bits per heavy atom. The quantitative estimate of drug-likeness (QED) is 0.533. The second-order valence-corrected chi connectivity index (χ2v) is 1.92. The van der Waals surface area contributed by atoms with Crippen molar-refractivity contribution in [3.63, 3.8) is 0 Å². The van der Waals surface area contributed by atoms with Gasteiger partial charge >= 0.3 is 0 Å². The first-order chi connectivity index (χ1) is 4.97. The van der Waals surface area contributed by atoms with Gasteiger partial charge in [0.2, 0.25) is 0 Å². The average molecular weight is 136 g/mol. The van der Waals surface area contributed by atoms with E-state index in [1.54, 1.807) is 25.1 Å². The van der Waals surface area contributed by atoms with Crippen molar-refractivity contribution in [2.24, 2.45) is 0 Å². The molecule has 51 valence electrons. The summed E-state index contributed by atoms with van der Waals surface area (Å²) >= 11 is 0. The van der Waals surface area contributed by atoms with Crippen LogP contribution >= 0.6 is 0 Å². The monoisotopic (exact) mass is 136 g/mol. The van der Waals surface area contributed by atoms with E-state index in [0.717, 1.165) is 5.75 Å². The molecule has 0 bridgehead atoms. The maximum atomic E-state index is 5.18. The summed E-state index contributed by atoms with van der Waals surface area (Å²) in [5.74, 6) is 1.45. The molecule has 1 radical (unpaired) electrons. The number of aromatic nitrogens is 1. The van der Waals surface area contributed by atoms with Crippen molar-refractivity contribution in [2.45, 2.75) is 0 Å². The van der Waals surface area contributed by atoms with Crippen LogP contribution in [0.15, 0.2) is 18.5 Å². The lowest BCUT2D eigenvalue weighted by atomic mass is 10.4. The number of fused-ring (bicyclic) bond motifs is 1. The van der Waals surface area contributed by atoms with Crippen molar-refractivity contribution in [2.75, 3.05) is 6.61 Å². The predicted octanol–water partition coefficient (Wildman–Crippen LogP) is 1.01. The first kappa shape index (κ1) is 5.53. The zero-order chi connectivity index (χ0) is 6.81. The van der Waals surface area contributed by atoms with Gasteiger partial charge in [-0.05, 0) is 0 Å². The van der Waals surface area contributed by atoms with Crippen LogP contribution < -0.4 is 9.47 Å². The molecule has 1 aromatic rings. The van der Waals surface area contributed by atoms with Crippen molar-refractivity contribution >= 4 is 0 Å². The van der Waals surface area contributed by atoms with E-state index in [-0.39, 0.29) is 0 Å². The van der Waals surface area contributed by atoms with Crippen molar-refractivity contribution < 1.29 is 9.47 Å². The van der Waals surface area contributed by atoms with Gasteiger partial charge in [-0.2, -0.15) is 0 Å². The lowest BCUT2D eigenvalue weighted by molar-refractivity contribution is 0.222. The van der Waals surface area contributed by atoms with Crippen LogP contribution in [-0.4, -0.2) is 11.6 Å². The summed E-state index contributed by atoms with van der Waals surface area (Å²) in [5.41, 5.74) is 0. The van der Waals surface area contributed by atoms with Gasteiger partial charge in [0.25, 0.3) is 0 Å². The number of hydrogen-bond donors (Lipinski definition) is 0. The summed E-state index contributed by atoms with van der Waals surface area (Å²) in [7, 11) is 0. The van der Waals surface area contributed by atoms with Crippen LogP contribution in [0.5, 0.6) is 11.5 Å². The Balaban J connectivity index is 2.41. The molecule has 3 heteroatoms. The fraction of sp³-hybridized carbons (Fsp3) is 0.143. The minimum atomic E-state index is 0.499. The van der Waals surface area contributed by atoms with Gasteiger partial charge in [0, 0.05) is 12.3 Å². The van der Waals surface area contributed by atoms with Crippen LogP contribution in [0.1, 0.15) is 0 Å². The van der Waals surface area contributed by atoms with Gasteiger partial charge < -0.3 is 9.47 Å². The summed E-state index contributed by atoms with van der Waals surface area (Å²) < 4.78 is 10.3. The van der Waals surface area contributed by atoms with Crippen LogP contribution in [-0.2, 0) is 0 Å². The molecule has 1 aromatic heterocycles. The fourth-order valence-corrected chi connectivity index (χ4v) is 0.821. The van der Waals surface area contributed by atoms with E-state index in [9.17, 15) is 0 Å².